The number of aliphatic hydroxyl groups excluding tert-OH is 1. The predicted molar refractivity (Wildman–Crippen MR) is 69.3 cm³/mol. The zero-order chi connectivity index (χ0) is 11.1. The fourth-order valence-electron chi connectivity index (χ4n) is 0.489. The first-order valence-corrected chi connectivity index (χ1v) is 7.07. The summed E-state index contributed by atoms with van der Waals surface area (Å²) in [5.74, 6) is 0. The Morgan fingerprint density at radius 1 is 1.36 bits per heavy atom. The fourth-order valence-corrected chi connectivity index (χ4v) is 0.489. The van der Waals surface area contributed by atoms with Gasteiger partial charge in [0.25, 0.3) is 0 Å². The van der Waals surface area contributed by atoms with E-state index >= 15 is 0 Å². The van der Waals surface area contributed by atoms with Crippen molar-refractivity contribution in [2.24, 2.45) is 0 Å². The van der Waals surface area contributed by atoms with E-state index in [4.69, 9.17) is 9.84 Å². The average Bonchev–Trinajstić information content (AvgIpc) is 2.32. The summed E-state index contributed by atoms with van der Waals surface area (Å²) in [7, 11) is 0. The Bertz CT molecular complexity index is 92.3. The first-order chi connectivity index (χ1) is 6.83. The molecule has 1 heterocycles. The van der Waals surface area contributed by atoms with E-state index in [-0.39, 0.29) is 6.61 Å². The summed E-state index contributed by atoms with van der Waals surface area (Å²) >= 11 is 6.25. The molecule has 0 bridgehead atoms. The molecule has 0 saturated heterocycles. The van der Waals surface area contributed by atoms with Gasteiger partial charge in [0.05, 0.1) is 19.5 Å². The molecular formula is C10H20Br2O2. The Kier molecular flexibility index (Phi) is 23.0. The molecule has 0 atom stereocenters. The number of alkyl halides is 2. The van der Waals surface area contributed by atoms with Gasteiger partial charge in [0.1, 0.15) is 0 Å². The van der Waals surface area contributed by atoms with Crippen LogP contribution in [-0.2, 0) is 4.74 Å². The van der Waals surface area contributed by atoms with Crippen LogP contribution in [0.2, 0.25) is 0 Å². The van der Waals surface area contributed by atoms with Gasteiger partial charge in [0, 0.05) is 10.7 Å². The molecule has 1 aliphatic heterocycles. The molecule has 0 unspecified atom stereocenters. The second-order valence-electron chi connectivity index (χ2n) is 2.49. The van der Waals surface area contributed by atoms with E-state index in [1.54, 1.807) is 6.26 Å². The van der Waals surface area contributed by atoms with Gasteiger partial charge in [-0.05, 0) is 25.3 Å². The third-order valence-corrected chi connectivity index (χ3v) is 2.25. The molecule has 1 rings (SSSR count). The van der Waals surface area contributed by atoms with E-state index in [9.17, 15) is 0 Å². The summed E-state index contributed by atoms with van der Waals surface area (Å²) in [5, 5.41) is 9.65. The van der Waals surface area contributed by atoms with Crippen molar-refractivity contribution in [1.29, 1.82) is 0 Å². The molecule has 4 heteroatoms. The van der Waals surface area contributed by atoms with Gasteiger partial charge in [-0.2, -0.15) is 0 Å². The molecule has 0 aromatic heterocycles. The van der Waals surface area contributed by atoms with Crippen LogP contribution in [0, 0.1) is 0 Å². The van der Waals surface area contributed by atoms with Crippen LogP contribution >= 0.6 is 31.9 Å². The van der Waals surface area contributed by atoms with Crippen LogP contribution in [0.1, 0.15) is 26.2 Å². The molecule has 14 heavy (non-hydrogen) atoms. The molecule has 1 N–H and O–H groups in total. The van der Waals surface area contributed by atoms with Gasteiger partial charge in [0.2, 0.25) is 0 Å². The molecule has 0 spiro atoms. The van der Waals surface area contributed by atoms with Crippen molar-refractivity contribution in [3.05, 3.63) is 12.3 Å². The zero-order valence-electron chi connectivity index (χ0n) is 8.72. The zero-order valence-corrected chi connectivity index (χ0v) is 11.9. The monoisotopic (exact) mass is 330 g/mol. The minimum Gasteiger partial charge on any atom is -0.502 e. The summed E-state index contributed by atoms with van der Waals surface area (Å²) < 4.78 is 4.89. The second kappa shape index (κ2) is 19.1. The second-order valence-corrected chi connectivity index (χ2v) is 4.07. The molecule has 0 aromatic rings. The van der Waals surface area contributed by atoms with E-state index in [1.165, 1.54) is 19.3 Å². The highest BCUT2D eigenvalue weighted by Crippen LogP contribution is 1.97. The highest BCUT2D eigenvalue weighted by molar-refractivity contribution is 9.09. The topological polar surface area (TPSA) is 29.5 Å². The smallest absolute Gasteiger partial charge is 0.0876 e. The first kappa shape index (κ1) is 16.9. The molecule has 0 aromatic carbocycles. The normalized spacial score (nSPS) is 12.9. The highest BCUT2D eigenvalue weighted by atomic mass is 79.9. The summed E-state index contributed by atoms with van der Waals surface area (Å²) in [6, 6.07) is 0. The lowest BCUT2D eigenvalue weighted by Gasteiger charge is -2.01. The summed E-state index contributed by atoms with van der Waals surface area (Å²) in [4.78, 5) is 0. The van der Waals surface area contributed by atoms with Crippen molar-refractivity contribution in [3.63, 3.8) is 0 Å². The van der Waals surface area contributed by atoms with Crippen molar-refractivity contribution in [3.8, 4) is 0 Å². The maximum Gasteiger partial charge on any atom is 0.0876 e. The highest BCUT2D eigenvalue weighted by Gasteiger charge is 1.86. The predicted octanol–water partition coefficient (Wildman–Crippen LogP) is 3.48. The Morgan fingerprint density at radius 2 is 1.93 bits per heavy atom. The Morgan fingerprint density at radius 3 is 2.00 bits per heavy atom. The number of rotatable bonds is 2. The molecule has 0 aliphatic carbocycles. The van der Waals surface area contributed by atoms with Gasteiger partial charge in [-0.25, -0.2) is 0 Å². The van der Waals surface area contributed by atoms with E-state index in [1.807, 2.05) is 6.08 Å². The van der Waals surface area contributed by atoms with Gasteiger partial charge < -0.3 is 9.84 Å². The fraction of sp³-hybridized carbons (Fsp3) is 0.800. The van der Waals surface area contributed by atoms with Crippen LogP contribution in [0.4, 0.5) is 0 Å². The number of aliphatic hydroxyl groups is 1. The third-order valence-electron chi connectivity index (χ3n) is 1.10. The van der Waals surface area contributed by atoms with Crippen molar-refractivity contribution in [1.82, 2.24) is 0 Å². The number of ether oxygens (including phenoxy) is 1. The van der Waals surface area contributed by atoms with E-state index < -0.39 is 0 Å². The van der Waals surface area contributed by atoms with Crippen LogP contribution in [0.25, 0.3) is 0 Å². The Labute approximate surface area is 104 Å². The maximum atomic E-state index is 7.83. The molecule has 2 nitrogen and oxygen atoms in total. The van der Waals surface area contributed by atoms with Crippen LogP contribution in [0.15, 0.2) is 12.3 Å². The summed E-state index contributed by atoms with van der Waals surface area (Å²) in [6.45, 7) is 3.28. The van der Waals surface area contributed by atoms with E-state index in [0.29, 0.717) is 5.33 Å². The Hall–Kier alpha value is 0.460. The number of halogens is 2. The summed E-state index contributed by atoms with van der Waals surface area (Å²) in [5.41, 5.74) is 0. The standard InChI is InChI=1S/C5H8O.C3H7Br.C2H5BrO/c1-2-4-6-5-3-1;1-2-3-4;3-1-2-4/h2,4H,1,3,5H2;2-3H2,1H3;4H,1-2H2. The lowest BCUT2D eigenvalue weighted by atomic mass is 10.3. The maximum absolute atomic E-state index is 7.83. The third kappa shape index (κ3) is 22.9. The van der Waals surface area contributed by atoms with Crippen LogP contribution in [0.5, 0.6) is 0 Å². The molecular weight excluding hydrogens is 312 g/mol. The van der Waals surface area contributed by atoms with Gasteiger partial charge >= 0.3 is 0 Å². The van der Waals surface area contributed by atoms with Crippen LogP contribution < -0.4 is 0 Å². The van der Waals surface area contributed by atoms with Crippen molar-refractivity contribution < 1.29 is 9.84 Å². The van der Waals surface area contributed by atoms with Gasteiger partial charge in [-0.15, -0.1) is 0 Å². The molecule has 0 fully saturated rings. The quantitative estimate of drug-likeness (QED) is 0.785. The van der Waals surface area contributed by atoms with Gasteiger partial charge in [-0.3, -0.25) is 0 Å². The minimum absolute atomic E-state index is 0.236. The van der Waals surface area contributed by atoms with E-state index in [0.717, 1.165) is 11.9 Å². The molecule has 86 valence electrons. The van der Waals surface area contributed by atoms with E-state index in [2.05, 4.69) is 38.8 Å². The lowest BCUT2D eigenvalue weighted by molar-refractivity contribution is 0.231. The average molecular weight is 332 g/mol. The van der Waals surface area contributed by atoms with Crippen molar-refractivity contribution in [2.75, 3.05) is 23.9 Å². The first-order valence-electron chi connectivity index (χ1n) is 4.82. The van der Waals surface area contributed by atoms with Crippen molar-refractivity contribution >= 4 is 31.9 Å². The minimum atomic E-state index is 0.236. The molecule has 0 radical (unpaired) electrons. The number of allylic oxidation sites excluding steroid dienone is 1. The van der Waals surface area contributed by atoms with Gasteiger partial charge in [0.15, 0.2) is 0 Å². The largest absolute Gasteiger partial charge is 0.502 e. The van der Waals surface area contributed by atoms with Gasteiger partial charge in [-0.1, -0.05) is 38.8 Å². The molecule has 0 saturated carbocycles. The Balaban J connectivity index is 0. The molecule has 0 amide bonds. The van der Waals surface area contributed by atoms with Crippen LogP contribution in [0.3, 0.4) is 0 Å². The van der Waals surface area contributed by atoms with Crippen LogP contribution in [-0.4, -0.2) is 29.0 Å². The molecule has 1 aliphatic rings. The number of hydrogen-bond donors (Lipinski definition) is 1. The summed E-state index contributed by atoms with van der Waals surface area (Å²) in [6.07, 6.45) is 7.43. The van der Waals surface area contributed by atoms with Crippen molar-refractivity contribution in [2.45, 2.75) is 26.2 Å². The lowest BCUT2D eigenvalue weighted by Crippen LogP contribution is -1.90. The number of hydrogen-bond acceptors (Lipinski definition) is 2. The SMILES string of the molecule is C1=COCCC1.CCCBr.OCCBr.